The van der Waals surface area contributed by atoms with Crippen molar-refractivity contribution in [2.45, 2.75) is 26.6 Å². The van der Waals surface area contributed by atoms with Crippen molar-refractivity contribution in [3.8, 4) is 5.75 Å². The molecule has 0 spiro atoms. The summed E-state index contributed by atoms with van der Waals surface area (Å²) in [7, 11) is 0. The Bertz CT molecular complexity index is 656. The van der Waals surface area contributed by atoms with Gasteiger partial charge in [0, 0.05) is 11.0 Å². The number of fused-ring (bicyclic) bond motifs is 1. The Morgan fingerprint density at radius 1 is 1.25 bits per heavy atom. The monoisotopic (exact) mass is 271 g/mol. The molecule has 0 radical (unpaired) electrons. The van der Waals surface area contributed by atoms with Crippen LogP contribution in [0.1, 0.15) is 26.3 Å². The summed E-state index contributed by atoms with van der Waals surface area (Å²) >= 11 is 0. The van der Waals surface area contributed by atoms with Crippen molar-refractivity contribution in [2.75, 3.05) is 0 Å². The number of ether oxygens (including phenoxy) is 1. The first-order valence-corrected chi connectivity index (χ1v) is 6.49. The zero-order valence-corrected chi connectivity index (χ0v) is 11.7. The van der Waals surface area contributed by atoms with E-state index in [4.69, 9.17) is 4.74 Å². The molecule has 5 heteroatoms. The van der Waals surface area contributed by atoms with E-state index in [2.05, 4.69) is 10.1 Å². The number of aliphatic hydroxyl groups is 1. The molecule has 1 unspecified atom stereocenters. The van der Waals surface area contributed by atoms with Crippen molar-refractivity contribution in [1.29, 1.82) is 0 Å². The maximum absolute atomic E-state index is 11.1. The molecule has 0 bridgehead atoms. The lowest BCUT2D eigenvalue weighted by Gasteiger charge is -2.43. The van der Waals surface area contributed by atoms with Gasteiger partial charge in [0.1, 0.15) is 24.1 Å². The number of hydrogen-bond donors (Lipinski definition) is 1. The van der Waals surface area contributed by atoms with Crippen molar-refractivity contribution in [2.24, 2.45) is 5.41 Å². The van der Waals surface area contributed by atoms with Crippen molar-refractivity contribution in [3.05, 3.63) is 42.5 Å². The molecule has 1 N–H and O–H groups in total. The lowest BCUT2D eigenvalue weighted by Crippen LogP contribution is -2.51. The SMILES string of the molecule is CC(C)(C)C1(O)Oc2ccccc2C=C1n1cncn1. The summed E-state index contributed by atoms with van der Waals surface area (Å²) < 4.78 is 7.46. The summed E-state index contributed by atoms with van der Waals surface area (Å²) in [4.78, 5) is 3.95. The van der Waals surface area contributed by atoms with Gasteiger partial charge in [-0.2, -0.15) is 5.10 Å². The van der Waals surface area contributed by atoms with Crippen LogP contribution in [0, 0.1) is 5.41 Å². The van der Waals surface area contributed by atoms with Crippen molar-refractivity contribution in [1.82, 2.24) is 14.8 Å². The van der Waals surface area contributed by atoms with Crippen LogP contribution in [0.25, 0.3) is 11.8 Å². The van der Waals surface area contributed by atoms with Gasteiger partial charge in [0.25, 0.3) is 5.79 Å². The molecular weight excluding hydrogens is 254 g/mol. The van der Waals surface area contributed by atoms with Crippen LogP contribution in [0.2, 0.25) is 0 Å². The van der Waals surface area contributed by atoms with E-state index in [9.17, 15) is 5.11 Å². The molecule has 5 nitrogen and oxygen atoms in total. The highest BCUT2D eigenvalue weighted by atomic mass is 16.6. The number of nitrogens with zero attached hydrogens (tertiary/aromatic N) is 3. The molecule has 1 aliphatic heterocycles. The molecule has 2 aromatic rings. The van der Waals surface area contributed by atoms with Crippen molar-refractivity contribution in [3.63, 3.8) is 0 Å². The summed E-state index contributed by atoms with van der Waals surface area (Å²) in [6.07, 6.45) is 4.88. The Labute approximate surface area is 117 Å². The van der Waals surface area contributed by atoms with Gasteiger partial charge < -0.3 is 9.84 Å². The van der Waals surface area contributed by atoms with Crippen LogP contribution in [-0.2, 0) is 0 Å². The van der Waals surface area contributed by atoms with Gasteiger partial charge in [-0.1, -0.05) is 39.0 Å². The average Bonchev–Trinajstić information content (AvgIpc) is 2.90. The molecule has 2 heterocycles. The van der Waals surface area contributed by atoms with Gasteiger partial charge in [-0.3, -0.25) is 0 Å². The molecular formula is C15H17N3O2. The standard InChI is InChI=1S/C15H17N3O2/c1-14(2,3)15(19)13(18-10-16-9-17-18)8-11-6-4-5-7-12(11)20-15/h4-10,19H,1-3H3. The zero-order chi connectivity index (χ0) is 14.4. The number of para-hydroxylation sites is 1. The van der Waals surface area contributed by atoms with Crippen LogP contribution < -0.4 is 4.74 Å². The second kappa shape index (κ2) is 4.18. The second-order valence-corrected chi connectivity index (χ2v) is 5.90. The second-order valence-electron chi connectivity index (χ2n) is 5.90. The highest BCUT2D eigenvalue weighted by Crippen LogP contribution is 2.45. The maximum Gasteiger partial charge on any atom is 0.256 e. The molecule has 1 atom stereocenters. The average molecular weight is 271 g/mol. The van der Waals surface area contributed by atoms with Gasteiger partial charge in [-0.05, 0) is 12.1 Å². The van der Waals surface area contributed by atoms with E-state index in [-0.39, 0.29) is 0 Å². The van der Waals surface area contributed by atoms with E-state index in [1.54, 1.807) is 11.0 Å². The van der Waals surface area contributed by atoms with Gasteiger partial charge in [0.05, 0.1) is 0 Å². The highest BCUT2D eigenvalue weighted by molar-refractivity contribution is 5.79. The normalized spacial score (nSPS) is 21.9. The van der Waals surface area contributed by atoms with Crippen molar-refractivity contribution < 1.29 is 9.84 Å². The highest BCUT2D eigenvalue weighted by Gasteiger charge is 2.49. The molecule has 0 saturated carbocycles. The molecule has 0 fully saturated rings. The molecule has 3 rings (SSSR count). The predicted molar refractivity (Wildman–Crippen MR) is 75.7 cm³/mol. The minimum atomic E-state index is -1.48. The Morgan fingerprint density at radius 3 is 2.65 bits per heavy atom. The molecule has 1 aromatic heterocycles. The lowest BCUT2D eigenvalue weighted by atomic mass is 9.81. The zero-order valence-electron chi connectivity index (χ0n) is 11.7. The number of aromatic nitrogens is 3. The minimum absolute atomic E-state index is 0.529. The Hall–Kier alpha value is -2.14. The van der Waals surface area contributed by atoms with Crippen molar-refractivity contribution >= 4 is 11.8 Å². The largest absolute Gasteiger partial charge is 0.455 e. The number of hydrogen-bond acceptors (Lipinski definition) is 4. The molecule has 20 heavy (non-hydrogen) atoms. The van der Waals surface area contributed by atoms with Crippen LogP contribution in [0.3, 0.4) is 0 Å². The molecule has 1 aromatic carbocycles. The first-order chi connectivity index (χ1) is 9.42. The quantitative estimate of drug-likeness (QED) is 0.865. The smallest absolute Gasteiger partial charge is 0.256 e. The third-order valence-corrected chi connectivity index (χ3v) is 3.50. The van der Waals surface area contributed by atoms with Crippen LogP contribution in [0.5, 0.6) is 5.75 Å². The summed E-state index contributed by atoms with van der Waals surface area (Å²) in [5.41, 5.74) is 0.936. The van der Waals surface area contributed by atoms with E-state index in [1.807, 2.05) is 51.1 Å². The van der Waals surface area contributed by atoms with Gasteiger partial charge in [0.15, 0.2) is 0 Å². The van der Waals surface area contributed by atoms with E-state index < -0.39 is 11.2 Å². The topological polar surface area (TPSA) is 60.2 Å². The van der Waals surface area contributed by atoms with E-state index in [0.717, 1.165) is 5.56 Å². The molecule has 104 valence electrons. The molecule has 0 saturated heterocycles. The van der Waals surface area contributed by atoms with Gasteiger partial charge in [0.2, 0.25) is 0 Å². The van der Waals surface area contributed by atoms with Crippen LogP contribution in [0.15, 0.2) is 36.9 Å². The summed E-state index contributed by atoms with van der Waals surface area (Å²) in [5.74, 6) is -0.816. The van der Waals surface area contributed by atoms with E-state index in [1.165, 1.54) is 6.33 Å². The Balaban J connectivity index is 2.22. The number of rotatable bonds is 1. The predicted octanol–water partition coefficient (Wildman–Crippen LogP) is 2.40. The molecule has 0 amide bonds. The summed E-state index contributed by atoms with van der Waals surface area (Å²) in [5, 5.41) is 15.2. The Kier molecular flexibility index (Phi) is 2.69. The maximum atomic E-state index is 11.1. The summed E-state index contributed by atoms with van der Waals surface area (Å²) in [6, 6.07) is 7.60. The molecule has 0 aliphatic carbocycles. The fraction of sp³-hybridized carbons (Fsp3) is 0.333. The van der Waals surface area contributed by atoms with Crippen LogP contribution >= 0.6 is 0 Å². The third-order valence-electron chi connectivity index (χ3n) is 3.50. The third kappa shape index (κ3) is 1.82. The summed E-state index contributed by atoms with van der Waals surface area (Å²) in [6.45, 7) is 5.77. The fourth-order valence-electron chi connectivity index (χ4n) is 2.24. The first kappa shape index (κ1) is 12.9. The van der Waals surface area contributed by atoms with E-state index >= 15 is 0 Å². The lowest BCUT2D eigenvalue weighted by molar-refractivity contribution is -0.163. The first-order valence-electron chi connectivity index (χ1n) is 6.49. The number of benzene rings is 1. The van der Waals surface area contributed by atoms with Crippen LogP contribution in [0.4, 0.5) is 0 Å². The fourth-order valence-corrected chi connectivity index (χ4v) is 2.24. The Morgan fingerprint density at radius 2 is 2.00 bits per heavy atom. The van der Waals surface area contributed by atoms with Gasteiger partial charge in [-0.25, -0.2) is 9.67 Å². The van der Waals surface area contributed by atoms with Crippen LogP contribution in [-0.4, -0.2) is 25.7 Å². The van der Waals surface area contributed by atoms with E-state index in [0.29, 0.717) is 11.4 Å². The molecule has 1 aliphatic rings. The van der Waals surface area contributed by atoms with Gasteiger partial charge in [-0.15, -0.1) is 0 Å². The van der Waals surface area contributed by atoms with Gasteiger partial charge >= 0.3 is 0 Å². The minimum Gasteiger partial charge on any atom is -0.455 e.